The number of aromatic nitrogens is 2. The Hall–Kier alpha value is -3.12. The number of nitrogens with zero attached hydrogens (tertiary/aromatic N) is 2. The molecule has 0 saturated carbocycles. The Kier molecular flexibility index (Phi) is 6.27. The van der Waals surface area contributed by atoms with E-state index in [1.165, 1.54) is 5.56 Å². The second-order valence-corrected chi connectivity index (χ2v) is 8.54. The van der Waals surface area contributed by atoms with Crippen LogP contribution < -0.4 is 11.5 Å². The molecular formula is C24H30N4O2. The quantitative estimate of drug-likeness (QED) is 0.615. The summed E-state index contributed by atoms with van der Waals surface area (Å²) >= 11 is 0. The van der Waals surface area contributed by atoms with Gasteiger partial charge in [0.2, 0.25) is 0 Å². The number of amides is 1. The number of hydrogen-bond acceptors (Lipinski definition) is 4. The summed E-state index contributed by atoms with van der Waals surface area (Å²) in [5.74, 6) is -0.347. The molecule has 3 aromatic rings. The minimum atomic E-state index is -0.604. The first kappa shape index (κ1) is 21.6. The number of benzene rings is 2. The molecule has 158 valence electrons. The summed E-state index contributed by atoms with van der Waals surface area (Å²) in [6.07, 6.45) is 0. The summed E-state index contributed by atoms with van der Waals surface area (Å²) in [5.41, 5.74) is 15.9. The van der Waals surface area contributed by atoms with E-state index in [1.54, 1.807) is 4.68 Å². The highest BCUT2D eigenvalue weighted by atomic mass is 16.5. The van der Waals surface area contributed by atoms with Crippen molar-refractivity contribution < 1.29 is 9.53 Å². The van der Waals surface area contributed by atoms with Crippen LogP contribution in [0.4, 0.5) is 5.82 Å². The lowest BCUT2D eigenvalue weighted by atomic mass is 9.86. The summed E-state index contributed by atoms with van der Waals surface area (Å²) in [7, 11) is 0. The van der Waals surface area contributed by atoms with Gasteiger partial charge >= 0.3 is 0 Å². The third-order valence-electron chi connectivity index (χ3n) is 5.24. The number of nitrogens with two attached hydrogens (primary N) is 2. The highest BCUT2D eigenvalue weighted by molar-refractivity contribution is 5.98. The summed E-state index contributed by atoms with van der Waals surface area (Å²) < 4.78 is 7.41. The molecule has 6 nitrogen and oxygen atoms in total. The van der Waals surface area contributed by atoms with E-state index >= 15 is 0 Å². The Balaban J connectivity index is 1.82. The molecule has 4 N–H and O–H groups in total. The molecule has 1 atom stereocenters. The van der Waals surface area contributed by atoms with Gasteiger partial charge in [-0.15, -0.1) is 0 Å². The Morgan fingerprint density at radius 1 is 1.07 bits per heavy atom. The highest BCUT2D eigenvalue weighted by Gasteiger charge is 2.24. The van der Waals surface area contributed by atoms with Crippen LogP contribution in [-0.2, 0) is 23.4 Å². The molecule has 1 aromatic heterocycles. The molecule has 0 aliphatic heterocycles. The summed E-state index contributed by atoms with van der Waals surface area (Å²) in [6, 6.07) is 18.0. The molecule has 1 unspecified atom stereocenters. The van der Waals surface area contributed by atoms with Gasteiger partial charge in [0.25, 0.3) is 5.91 Å². The number of nitrogen functional groups attached to an aromatic ring is 1. The second kappa shape index (κ2) is 8.71. The normalized spacial score (nSPS) is 12.7. The van der Waals surface area contributed by atoms with Crippen molar-refractivity contribution in [2.75, 3.05) is 5.73 Å². The van der Waals surface area contributed by atoms with Crippen LogP contribution in [0, 0.1) is 0 Å². The highest BCUT2D eigenvalue weighted by Crippen LogP contribution is 2.28. The van der Waals surface area contributed by atoms with Crippen LogP contribution in [-0.4, -0.2) is 15.7 Å². The van der Waals surface area contributed by atoms with Crippen LogP contribution in [0.2, 0.25) is 0 Å². The zero-order chi connectivity index (χ0) is 21.9. The first-order chi connectivity index (χ1) is 14.2. The van der Waals surface area contributed by atoms with E-state index in [1.807, 2.05) is 37.3 Å². The van der Waals surface area contributed by atoms with Gasteiger partial charge < -0.3 is 16.2 Å². The summed E-state index contributed by atoms with van der Waals surface area (Å²) in [6.45, 7) is 9.10. The average Bonchev–Trinajstić information content (AvgIpc) is 3.04. The van der Waals surface area contributed by atoms with Gasteiger partial charge in [-0.25, -0.2) is 4.68 Å². The number of primary amides is 1. The summed E-state index contributed by atoms with van der Waals surface area (Å²) in [4.78, 5) is 12.0. The minimum Gasteiger partial charge on any atom is -0.383 e. The molecule has 3 rings (SSSR count). The van der Waals surface area contributed by atoms with E-state index in [0.717, 1.165) is 11.1 Å². The molecule has 0 aliphatic carbocycles. The van der Waals surface area contributed by atoms with E-state index in [2.05, 4.69) is 50.1 Å². The molecule has 0 saturated heterocycles. The molecular weight excluding hydrogens is 376 g/mol. The maximum Gasteiger partial charge on any atom is 0.254 e. The van der Waals surface area contributed by atoms with Gasteiger partial charge in [-0.05, 0) is 29.0 Å². The predicted octanol–water partition coefficient (Wildman–Crippen LogP) is 4.19. The van der Waals surface area contributed by atoms with Crippen molar-refractivity contribution in [3.05, 3.63) is 82.5 Å². The van der Waals surface area contributed by atoms with Crippen molar-refractivity contribution in [3.8, 4) is 0 Å². The fourth-order valence-electron chi connectivity index (χ4n) is 3.40. The molecule has 2 aromatic carbocycles. The predicted molar refractivity (Wildman–Crippen MR) is 119 cm³/mol. The van der Waals surface area contributed by atoms with Crippen LogP contribution in [0.15, 0.2) is 54.6 Å². The maximum absolute atomic E-state index is 12.0. The topological polar surface area (TPSA) is 96.2 Å². The van der Waals surface area contributed by atoms with Crippen LogP contribution in [0.25, 0.3) is 0 Å². The van der Waals surface area contributed by atoms with Crippen molar-refractivity contribution >= 4 is 11.7 Å². The standard InChI is InChI=1S/C24H30N4O2/c1-16(18-10-12-19(13-11-18)24(2,3)4)28-22(25)21(23(26)29)20(27-28)15-30-14-17-8-6-5-7-9-17/h5-13,16H,14-15,25H2,1-4H3,(H2,26,29). The second-order valence-electron chi connectivity index (χ2n) is 8.54. The SMILES string of the molecule is CC(c1ccc(C(C)(C)C)cc1)n1nc(COCc2ccccc2)c(C(N)=O)c1N. The Morgan fingerprint density at radius 2 is 1.70 bits per heavy atom. The van der Waals surface area contributed by atoms with Gasteiger partial charge in [0.15, 0.2) is 0 Å². The van der Waals surface area contributed by atoms with E-state index in [4.69, 9.17) is 16.2 Å². The van der Waals surface area contributed by atoms with Gasteiger partial charge in [0.1, 0.15) is 17.1 Å². The van der Waals surface area contributed by atoms with Gasteiger partial charge in [0.05, 0.1) is 19.3 Å². The first-order valence-corrected chi connectivity index (χ1v) is 10.1. The van der Waals surface area contributed by atoms with E-state index < -0.39 is 5.91 Å². The van der Waals surface area contributed by atoms with Crippen LogP contribution in [0.5, 0.6) is 0 Å². The molecule has 0 aliphatic rings. The number of carbonyl (C=O) groups excluding carboxylic acids is 1. The molecule has 30 heavy (non-hydrogen) atoms. The molecule has 0 radical (unpaired) electrons. The number of hydrogen-bond donors (Lipinski definition) is 2. The number of carbonyl (C=O) groups is 1. The molecule has 1 heterocycles. The number of rotatable bonds is 7. The Labute approximate surface area is 177 Å². The maximum atomic E-state index is 12.0. The molecule has 0 bridgehead atoms. The average molecular weight is 407 g/mol. The zero-order valence-corrected chi connectivity index (χ0v) is 18.1. The van der Waals surface area contributed by atoms with Crippen molar-refractivity contribution in [3.63, 3.8) is 0 Å². The van der Waals surface area contributed by atoms with Gasteiger partial charge in [0, 0.05) is 0 Å². The third kappa shape index (κ3) is 4.71. The number of ether oxygens (including phenoxy) is 1. The van der Waals surface area contributed by atoms with E-state index in [9.17, 15) is 4.79 Å². The van der Waals surface area contributed by atoms with Gasteiger partial charge in [-0.1, -0.05) is 75.4 Å². The number of anilines is 1. The lowest BCUT2D eigenvalue weighted by Crippen LogP contribution is -2.17. The van der Waals surface area contributed by atoms with Crippen LogP contribution in [0.3, 0.4) is 0 Å². The molecule has 1 amide bonds. The summed E-state index contributed by atoms with van der Waals surface area (Å²) in [5, 5.41) is 4.58. The zero-order valence-electron chi connectivity index (χ0n) is 18.1. The largest absolute Gasteiger partial charge is 0.383 e. The van der Waals surface area contributed by atoms with Gasteiger partial charge in [-0.3, -0.25) is 4.79 Å². The van der Waals surface area contributed by atoms with Gasteiger partial charge in [-0.2, -0.15) is 5.10 Å². The fourth-order valence-corrected chi connectivity index (χ4v) is 3.40. The smallest absolute Gasteiger partial charge is 0.254 e. The molecule has 0 fully saturated rings. The van der Waals surface area contributed by atoms with Crippen LogP contribution >= 0.6 is 0 Å². The van der Waals surface area contributed by atoms with Crippen molar-refractivity contribution in [2.24, 2.45) is 5.73 Å². The lowest BCUT2D eigenvalue weighted by molar-refractivity contribution is 0.0959. The lowest BCUT2D eigenvalue weighted by Gasteiger charge is -2.21. The van der Waals surface area contributed by atoms with E-state index in [0.29, 0.717) is 12.3 Å². The van der Waals surface area contributed by atoms with Crippen molar-refractivity contribution in [2.45, 2.75) is 52.4 Å². The van der Waals surface area contributed by atoms with Crippen molar-refractivity contribution in [1.29, 1.82) is 0 Å². The van der Waals surface area contributed by atoms with E-state index in [-0.39, 0.29) is 29.4 Å². The Morgan fingerprint density at radius 3 is 2.27 bits per heavy atom. The fraction of sp³-hybridized carbons (Fsp3) is 0.333. The molecule has 0 spiro atoms. The minimum absolute atomic E-state index is 0.0783. The van der Waals surface area contributed by atoms with Crippen molar-refractivity contribution in [1.82, 2.24) is 9.78 Å². The first-order valence-electron chi connectivity index (χ1n) is 10.1. The monoisotopic (exact) mass is 406 g/mol. The third-order valence-corrected chi connectivity index (χ3v) is 5.24. The van der Waals surface area contributed by atoms with Crippen LogP contribution in [0.1, 0.15) is 66.5 Å². The molecule has 6 heteroatoms. The Bertz CT molecular complexity index is 1000.